The van der Waals surface area contributed by atoms with Crippen LogP contribution in [0, 0.1) is 23.7 Å². The smallest absolute Gasteiger partial charge is 0.0579 e. The summed E-state index contributed by atoms with van der Waals surface area (Å²) in [7, 11) is 0. The molecule has 0 atom stereocenters. The van der Waals surface area contributed by atoms with E-state index in [1.165, 1.54) is 43.4 Å². The molecule has 5 aliphatic rings. The second-order valence-corrected chi connectivity index (χ2v) is 7.41. The maximum Gasteiger partial charge on any atom is 0.0579 e. The van der Waals surface area contributed by atoms with Crippen LogP contribution in [0.3, 0.4) is 0 Å². The van der Waals surface area contributed by atoms with Gasteiger partial charge in [0.25, 0.3) is 0 Å². The lowest BCUT2D eigenvalue weighted by molar-refractivity contribution is -0.0348. The van der Waals surface area contributed by atoms with Gasteiger partial charge in [-0.15, -0.1) is 0 Å². The predicted octanol–water partition coefficient (Wildman–Crippen LogP) is 2.53. The third kappa shape index (κ3) is 1.51. The molecule has 1 aromatic rings. The van der Waals surface area contributed by atoms with E-state index >= 15 is 0 Å². The van der Waals surface area contributed by atoms with Gasteiger partial charge in [0.2, 0.25) is 0 Å². The van der Waals surface area contributed by atoms with Crippen LogP contribution in [0.4, 0.5) is 0 Å². The molecule has 4 aliphatic carbocycles. The molecule has 6 rings (SSSR count). The summed E-state index contributed by atoms with van der Waals surface area (Å²) in [6, 6.07) is 0.733. The minimum atomic E-state index is 0.733. The molecule has 0 spiro atoms. The van der Waals surface area contributed by atoms with Gasteiger partial charge in [0, 0.05) is 6.54 Å². The van der Waals surface area contributed by atoms with Gasteiger partial charge in [-0.1, -0.05) is 0 Å². The molecule has 2 heterocycles. The van der Waals surface area contributed by atoms with Crippen LogP contribution in [0.1, 0.15) is 49.4 Å². The Morgan fingerprint density at radius 3 is 2.53 bits per heavy atom. The molecule has 4 fully saturated rings. The topological polar surface area (TPSA) is 29.9 Å². The van der Waals surface area contributed by atoms with Gasteiger partial charge in [-0.25, -0.2) is 0 Å². The fourth-order valence-corrected chi connectivity index (χ4v) is 5.81. The number of hydrogen-bond donors (Lipinski definition) is 1. The monoisotopic (exact) mass is 257 g/mol. The van der Waals surface area contributed by atoms with E-state index in [1.54, 1.807) is 6.42 Å². The van der Waals surface area contributed by atoms with Crippen LogP contribution in [0.5, 0.6) is 0 Å². The molecule has 0 amide bonds. The van der Waals surface area contributed by atoms with Crippen LogP contribution in [0.25, 0.3) is 0 Å². The summed E-state index contributed by atoms with van der Waals surface area (Å²) in [5.74, 6) is 3.98. The number of aromatic nitrogens is 2. The summed E-state index contributed by atoms with van der Waals surface area (Å²) < 4.78 is 2.45. The molecule has 102 valence electrons. The Labute approximate surface area is 114 Å². The van der Waals surface area contributed by atoms with Gasteiger partial charge in [0.1, 0.15) is 0 Å². The Hall–Kier alpha value is -0.830. The van der Waals surface area contributed by atoms with Gasteiger partial charge in [-0.2, -0.15) is 5.10 Å². The largest absolute Gasteiger partial charge is 0.311 e. The Morgan fingerprint density at radius 1 is 1.05 bits per heavy atom. The van der Waals surface area contributed by atoms with Crippen LogP contribution in [-0.2, 0) is 13.0 Å². The highest BCUT2D eigenvalue weighted by Gasteiger charge is 2.49. The van der Waals surface area contributed by atoms with Gasteiger partial charge in [-0.3, -0.25) is 4.68 Å². The van der Waals surface area contributed by atoms with Crippen LogP contribution in [0.15, 0.2) is 6.20 Å². The molecule has 0 saturated heterocycles. The maximum atomic E-state index is 4.82. The zero-order valence-electron chi connectivity index (χ0n) is 11.5. The lowest BCUT2D eigenvalue weighted by Gasteiger charge is -2.54. The van der Waals surface area contributed by atoms with E-state index in [0.29, 0.717) is 0 Å². The standard InChI is InChI=1S/C16H23N3/c1-2-17-9-15-12(1)8-18-19(15)16-13-4-10-3-11(6-13)7-14(16)5-10/h8,10-11,13-14,16-17H,1-7,9H2. The molecule has 0 radical (unpaired) electrons. The zero-order chi connectivity index (χ0) is 12.4. The molecule has 0 unspecified atom stereocenters. The first-order chi connectivity index (χ1) is 9.38. The Kier molecular flexibility index (Phi) is 2.21. The normalized spacial score (nSPS) is 43.5. The van der Waals surface area contributed by atoms with Crippen molar-refractivity contribution in [2.45, 2.75) is 51.1 Å². The Bertz CT molecular complexity index is 476. The molecule has 4 saturated carbocycles. The van der Waals surface area contributed by atoms with Gasteiger partial charge in [0.05, 0.1) is 17.9 Å². The van der Waals surface area contributed by atoms with Crippen molar-refractivity contribution in [1.29, 1.82) is 0 Å². The summed E-state index contributed by atoms with van der Waals surface area (Å²) in [6.07, 6.45) is 10.8. The van der Waals surface area contributed by atoms with Crippen molar-refractivity contribution < 1.29 is 0 Å². The number of nitrogens with zero attached hydrogens (tertiary/aromatic N) is 2. The van der Waals surface area contributed by atoms with Crippen molar-refractivity contribution in [2.75, 3.05) is 6.54 Å². The van der Waals surface area contributed by atoms with Gasteiger partial charge >= 0.3 is 0 Å². The van der Waals surface area contributed by atoms with Crippen molar-refractivity contribution in [3.63, 3.8) is 0 Å². The summed E-state index contributed by atoms with van der Waals surface area (Å²) in [4.78, 5) is 0. The highest BCUT2D eigenvalue weighted by atomic mass is 15.3. The summed E-state index contributed by atoms with van der Waals surface area (Å²) in [6.45, 7) is 2.17. The van der Waals surface area contributed by atoms with Crippen LogP contribution >= 0.6 is 0 Å². The number of fused-ring (bicyclic) bond motifs is 1. The van der Waals surface area contributed by atoms with Crippen LogP contribution in [-0.4, -0.2) is 16.3 Å². The van der Waals surface area contributed by atoms with E-state index in [9.17, 15) is 0 Å². The summed E-state index contributed by atoms with van der Waals surface area (Å²) in [5, 5.41) is 8.35. The molecule has 1 aromatic heterocycles. The van der Waals surface area contributed by atoms with Crippen LogP contribution in [0.2, 0.25) is 0 Å². The SMILES string of the molecule is c1nn(C2C3CC4CC(C3)CC2C4)c2c1CCNC2. The van der Waals surface area contributed by atoms with E-state index < -0.39 is 0 Å². The van der Waals surface area contributed by atoms with E-state index in [1.807, 2.05) is 0 Å². The van der Waals surface area contributed by atoms with E-state index in [-0.39, 0.29) is 0 Å². The fraction of sp³-hybridized carbons (Fsp3) is 0.812. The molecule has 3 heteroatoms. The summed E-state index contributed by atoms with van der Waals surface area (Å²) in [5.41, 5.74) is 3.01. The first-order valence-electron chi connectivity index (χ1n) is 8.14. The van der Waals surface area contributed by atoms with E-state index in [2.05, 4.69) is 16.2 Å². The second kappa shape index (κ2) is 3.85. The molecule has 1 aliphatic heterocycles. The number of nitrogens with one attached hydrogen (secondary N) is 1. The lowest BCUT2D eigenvalue weighted by Crippen LogP contribution is -2.46. The Balaban J connectivity index is 1.54. The van der Waals surface area contributed by atoms with Gasteiger partial charge in [-0.05, 0) is 74.3 Å². The second-order valence-electron chi connectivity index (χ2n) is 7.41. The summed E-state index contributed by atoms with van der Waals surface area (Å²) >= 11 is 0. The van der Waals surface area contributed by atoms with Gasteiger partial charge in [0.15, 0.2) is 0 Å². The fourth-order valence-electron chi connectivity index (χ4n) is 5.81. The molecular weight excluding hydrogens is 234 g/mol. The average molecular weight is 257 g/mol. The quantitative estimate of drug-likeness (QED) is 0.838. The average Bonchev–Trinajstić information content (AvgIpc) is 2.82. The minimum Gasteiger partial charge on any atom is -0.311 e. The van der Waals surface area contributed by atoms with Crippen molar-refractivity contribution in [3.8, 4) is 0 Å². The zero-order valence-corrected chi connectivity index (χ0v) is 11.5. The van der Waals surface area contributed by atoms with E-state index in [0.717, 1.165) is 42.8 Å². The van der Waals surface area contributed by atoms with E-state index in [4.69, 9.17) is 5.10 Å². The molecule has 0 aromatic carbocycles. The molecular formula is C16H23N3. The van der Waals surface area contributed by atoms with Crippen molar-refractivity contribution in [1.82, 2.24) is 15.1 Å². The van der Waals surface area contributed by atoms with Crippen molar-refractivity contribution >= 4 is 0 Å². The third-order valence-corrected chi connectivity index (χ3v) is 6.31. The van der Waals surface area contributed by atoms with Crippen molar-refractivity contribution in [3.05, 3.63) is 17.5 Å². The third-order valence-electron chi connectivity index (χ3n) is 6.31. The first kappa shape index (κ1) is 10.9. The molecule has 1 N–H and O–H groups in total. The van der Waals surface area contributed by atoms with Crippen LogP contribution < -0.4 is 5.32 Å². The highest BCUT2D eigenvalue weighted by Crippen LogP contribution is 2.58. The predicted molar refractivity (Wildman–Crippen MR) is 73.7 cm³/mol. The lowest BCUT2D eigenvalue weighted by atomic mass is 9.54. The maximum absolute atomic E-state index is 4.82. The first-order valence-corrected chi connectivity index (χ1v) is 8.14. The van der Waals surface area contributed by atoms with Gasteiger partial charge < -0.3 is 5.32 Å². The molecule has 19 heavy (non-hydrogen) atoms. The number of hydrogen-bond acceptors (Lipinski definition) is 2. The minimum absolute atomic E-state index is 0.733. The Morgan fingerprint density at radius 2 is 1.79 bits per heavy atom. The molecule has 4 bridgehead atoms. The molecule has 3 nitrogen and oxygen atoms in total. The van der Waals surface area contributed by atoms with Crippen molar-refractivity contribution in [2.24, 2.45) is 23.7 Å². The number of rotatable bonds is 1. The highest BCUT2D eigenvalue weighted by molar-refractivity contribution is 5.22.